The van der Waals surface area contributed by atoms with Gasteiger partial charge < -0.3 is 14.2 Å². The van der Waals surface area contributed by atoms with Crippen LogP contribution in [0, 0.1) is 5.82 Å². The SMILES string of the molecule is CCCOc1c(OC)cccc1[C@H]1C(C(=O)OC)=C(C)N=c2s/c(=C/c3ccc(F)cc3)c(=O)n21. The normalized spacial score (nSPS) is 15.5. The third kappa shape index (κ3) is 4.64. The Bertz CT molecular complexity index is 1470. The Kier molecular flexibility index (Phi) is 7.16. The number of rotatable bonds is 7. The van der Waals surface area contributed by atoms with Crippen molar-refractivity contribution in [3.8, 4) is 11.5 Å². The molecule has 2 heterocycles. The zero-order valence-electron chi connectivity index (χ0n) is 19.8. The van der Waals surface area contributed by atoms with Gasteiger partial charge in [-0.2, -0.15) is 0 Å². The Hall–Kier alpha value is -3.72. The van der Waals surface area contributed by atoms with Gasteiger partial charge in [-0.15, -0.1) is 0 Å². The van der Waals surface area contributed by atoms with Crippen molar-refractivity contribution in [3.05, 3.63) is 90.4 Å². The summed E-state index contributed by atoms with van der Waals surface area (Å²) in [5, 5.41) is 0. The third-order valence-corrected chi connectivity index (χ3v) is 6.55. The summed E-state index contributed by atoms with van der Waals surface area (Å²) in [6.45, 7) is 4.12. The number of halogens is 1. The van der Waals surface area contributed by atoms with Crippen LogP contribution in [0.25, 0.3) is 6.08 Å². The topological polar surface area (TPSA) is 79.1 Å². The number of thiazole rings is 1. The van der Waals surface area contributed by atoms with Crippen LogP contribution < -0.4 is 24.4 Å². The third-order valence-electron chi connectivity index (χ3n) is 5.57. The maximum atomic E-state index is 13.7. The molecule has 0 spiro atoms. The fraction of sp³-hybridized carbons (Fsp3) is 0.269. The summed E-state index contributed by atoms with van der Waals surface area (Å²) in [4.78, 5) is 31.6. The molecule has 35 heavy (non-hydrogen) atoms. The quantitative estimate of drug-likeness (QED) is 0.469. The summed E-state index contributed by atoms with van der Waals surface area (Å²) < 4.78 is 31.9. The maximum Gasteiger partial charge on any atom is 0.338 e. The van der Waals surface area contributed by atoms with E-state index in [1.807, 2.05) is 6.92 Å². The van der Waals surface area contributed by atoms with E-state index in [0.717, 1.165) is 6.42 Å². The minimum Gasteiger partial charge on any atom is -0.493 e. The number of carbonyl (C=O) groups is 1. The van der Waals surface area contributed by atoms with Crippen molar-refractivity contribution in [2.75, 3.05) is 20.8 Å². The van der Waals surface area contributed by atoms with Crippen LogP contribution in [0.5, 0.6) is 11.5 Å². The average Bonchev–Trinajstić information content (AvgIpc) is 3.16. The molecule has 182 valence electrons. The molecule has 0 radical (unpaired) electrons. The van der Waals surface area contributed by atoms with Crippen molar-refractivity contribution in [2.24, 2.45) is 4.99 Å². The number of carbonyl (C=O) groups excluding carboxylic acids is 1. The number of aromatic nitrogens is 1. The second-order valence-electron chi connectivity index (χ2n) is 7.85. The van der Waals surface area contributed by atoms with E-state index in [4.69, 9.17) is 14.2 Å². The molecule has 1 aliphatic rings. The zero-order valence-corrected chi connectivity index (χ0v) is 20.6. The van der Waals surface area contributed by atoms with E-state index in [9.17, 15) is 14.0 Å². The van der Waals surface area contributed by atoms with E-state index in [1.165, 1.54) is 42.3 Å². The van der Waals surface area contributed by atoms with E-state index in [0.29, 0.717) is 44.3 Å². The van der Waals surface area contributed by atoms with Crippen molar-refractivity contribution in [1.29, 1.82) is 0 Å². The van der Waals surface area contributed by atoms with Gasteiger partial charge in [0.15, 0.2) is 16.3 Å². The first kappa shape index (κ1) is 24.4. The number of allylic oxidation sites excluding steroid dienone is 1. The van der Waals surface area contributed by atoms with Crippen molar-refractivity contribution in [1.82, 2.24) is 4.57 Å². The highest BCUT2D eigenvalue weighted by Gasteiger charge is 2.35. The number of hydrogen-bond donors (Lipinski definition) is 0. The summed E-state index contributed by atoms with van der Waals surface area (Å²) in [7, 11) is 2.83. The minimum atomic E-state index is -0.837. The molecular weight excluding hydrogens is 471 g/mol. The largest absolute Gasteiger partial charge is 0.493 e. The van der Waals surface area contributed by atoms with Crippen LogP contribution in [0.15, 0.2) is 63.5 Å². The Morgan fingerprint density at radius 2 is 1.94 bits per heavy atom. The van der Waals surface area contributed by atoms with Crippen molar-refractivity contribution in [3.63, 3.8) is 0 Å². The van der Waals surface area contributed by atoms with Gasteiger partial charge in [-0.25, -0.2) is 14.2 Å². The Labute approximate surface area is 205 Å². The lowest BCUT2D eigenvalue weighted by atomic mass is 9.94. The lowest BCUT2D eigenvalue weighted by molar-refractivity contribution is -0.136. The van der Waals surface area contributed by atoms with E-state index >= 15 is 0 Å². The molecule has 3 aromatic rings. The highest BCUT2D eigenvalue weighted by Crippen LogP contribution is 2.40. The summed E-state index contributed by atoms with van der Waals surface area (Å²) >= 11 is 1.19. The van der Waals surface area contributed by atoms with Crippen molar-refractivity contribution < 1.29 is 23.4 Å². The van der Waals surface area contributed by atoms with E-state index in [1.54, 1.807) is 43.3 Å². The van der Waals surface area contributed by atoms with Gasteiger partial charge in [-0.3, -0.25) is 9.36 Å². The maximum absolute atomic E-state index is 13.7. The molecule has 2 aromatic carbocycles. The first-order valence-corrected chi connectivity index (χ1v) is 11.9. The predicted octanol–water partition coefficient (Wildman–Crippen LogP) is 3.34. The Balaban J connectivity index is 2.00. The minimum absolute atomic E-state index is 0.239. The summed E-state index contributed by atoms with van der Waals surface area (Å²) in [5.41, 5.74) is 1.61. The Morgan fingerprint density at radius 3 is 2.60 bits per heavy atom. The predicted molar refractivity (Wildman–Crippen MR) is 131 cm³/mol. The van der Waals surface area contributed by atoms with E-state index in [-0.39, 0.29) is 16.9 Å². The number of para-hydroxylation sites is 1. The average molecular weight is 497 g/mol. The van der Waals surface area contributed by atoms with Crippen molar-refractivity contribution in [2.45, 2.75) is 26.3 Å². The van der Waals surface area contributed by atoms with Gasteiger partial charge >= 0.3 is 5.97 Å². The van der Waals surface area contributed by atoms with Gasteiger partial charge in [-0.05, 0) is 43.2 Å². The highest BCUT2D eigenvalue weighted by molar-refractivity contribution is 7.07. The molecule has 0 amide bonds. The number of hydrogen-bond acceptors (Lipinski definition) is 7. The number of fused-ring (bicyclic) bond motifs is 1. The Morgan fingerprint density at radius 1 is 1.20 bits per heavy atom. The lowest BCUT2D eigenvalue weighted by Gasteiger charge is -2.26. The number of nitrogens with zero attached hydrogens (tertiary/aromatic N) is 2. The molecule has 0 saturated carbocycles. The van der Waals surface area contributed by atoms with Gasteiger partial charge in [0.1, 0.15) is 11.9 Å². The summed E-state index contributed by atoms with van der Waals surface area (Å²) in [6.07, 6.45) is 2.44. The molecule has 0 aliphatic carbocycles. The number of ether oxygens (including phenoxy) is 3. The second-order valence-corrected chi connectivity index (χ2v) is 8.86. The molecule has 1 aromatic heterocycles. The van der Waals surface area contributed by atoms with Gasteiger partial charge in [0.25, 0.3) is 5.56 Å². The lowest BCUT2D eigenvalue weighted by Crippen LogP contribution is -2.40. The highest BCUT2D eigenvalue weighted by atomic mass is 32.1. The molecule has 0 fully saturated rings. The van der Waals surface area contributed by atoms with E-state index < -0.39 is 12.0 Å². The first-order chi connectivity index (χ1) is 16.9. The summed E-state index contributed by atoms with van der Waals surface area (Å²) in [6, 6.07) is 10.4. The van der Waals surface area contributed by atoms with Crippen LogP contribution in [0.1, 0.15) is 37.4 Å². The zero-order chi connectivity index (χ0) is 25.1. The van der Waals surface area contributed by atoms with Crippen LogP contribution in [0.4, 0.5) is 4.39 Å². The van der Waals surface area contributed by atoms with Crippen LogP contribution in [0.3, 0.4) is 0 Å². The smallest absolute Gasteiger partial charge is 0.338 e. The monoisotopic (exact) mass is 496 g/mol. The summed E-state index contributed by atoms with van der Waals surface area (Å²) in [5.74, 6) is -0.0118. The van der Waals surface area contributed by atoms with Gasteiger partial charge in [0, 0.05) is 5.56 Å². The number of benzene rings is 2. The van der Waals surface area contributed by atoms with E-state index in [2.05, 4.69) is 4.99 Å². The molecule has 9 heteroatoms. The molecule has 4 rings (SSSR count). The molecule has 0 N–H and O–H groups in total. The molecule has 1 atom stereocenters. The van der Waals surface area contributed by atoms with Crippen LogP contribution >= 0.6 is 11.3 Å². The second kappa shape index (κ2) is 10.3. The standard InChI is InChI=1S/C26H25FN2O5S/c1-5-13-34-23-18(7-6-8-19(23)32-3)22-21(25(31)33-4)15(2)28-26-29(22)24(30)20(35-26)14-16-9-11-17(27)12-10-16/h6-12,14,22H,5,13H2,1-4H3/b20-14+/t22-/m0/s1. The van der Waals surface area contributed by atoms with Gasteiger partial charge in [0.2, 0.25) is 0 Å². The molecule has 0 saturated heterocycles. The van der Waals surface area contributed by atoms with Crippen LogP contribution in [-0.4, -0.2) is 31.4 Å². The molecule has 0 bridgehead atoms. The van der Waals surface area contributed by atoms with Crippen LogP contribution in [0.2, 0.25) is 0 Å². The fourth-order valence-electron chi connectivity index (χ4n) is 3.96. The molecule has 7 nitrogen and oxygen atoms in total. The number of esters is 1. The van der Waals surface area contributed by atoms with Crippen molar-refractivity contribution >= 4 is 23.4 Å². The molecule has 0 unspecified atom stereocenters. The van der Waals surface area contributed by atoms with Gasteiger partial charge in [0.05, 0.1) is 36.6 Å². The van der Waals surface area contributed by atoms with Crippen LogP contribution in [-0.2, 0) is 9.53 Å². The first-order valence-electron chi connectivity index (χ1n) is 11.1. The van der Waals surface area contributed by atoms with Gasteiger partial charge in [-0.1, -0.05) is 42.5 Å². The molecular formula is C26H25FN2O5S. The fourth-order valence-corrected chi connectivity index (χ4v) is 5.01. The molecule has 1 aliphatic heterocycles. The number of methoxy groups -OCH3 is 2.